The van der Waals surface area contributed by atoms with Crippen molar-refractivity contribution < 1.29 is 4.74 Å². The van der Waals surface area contributed by atoms with Crippen LogP contribution in [0.15, 0.2) is 0 Å². The molecule has 1 aliphatic rings. The Labute approximate surface area is 112 Å². The molecule has 2 aromatic heterocycles. The Bertz CT molecular complexity index is 579. The van der Waals surface area contributed by atoms with Gasteiger partial charge in [0, 0.05) is 20.2 Å². The maximum Gasteiger partial charge on any atom is 0.202 e. The Morgan fingerprint density at radius 2 is 2.26 bits per heavy atom. The molecule has 2 N–H and O–H groups in total. The highest BCUT2D eigenvalue weighted by molar-refractivity contribution is 5.77. The molecule has 0 spiro atoms. The summed E-state index contributed by atoms with van der Waals surface area (Å²) in [5.74, 6) is 0.571. The number of imidazole rings is 1. The number of nitrogens with two attached hydrogens (primary N) is 1. The molecular formula is C13H21N5O. The minimum absolute atomic E-state index is 0.361. The highest BCUT2D eigenvalue weighted by Gasteiger charge is 2.18. The lowest BCUT2D eigenvalue weighted by atomic mass is 10.1. The average molecular weight is 263 g/mol. The summed E-state index contributed by atoms with van der Waals surface area (Å²) in [5, 5.41) is 4.39. The van der Waals surface area contributed by atoms with E-state index >= 15 is 0 Å². The summed E-state index contributed by atoms with van der Waals surface area (Å²) in [6, 6.07) is 0. The van der Waals surface area contributed by atoms with E-state index in [0.29, 0.717) is 12.1 Å². The fourth-order valence-electron chi connectivity index (χ4n) is 2.88. The second-order valence-corrected chi connectivity index (χ2v) is 5.28. The van der Waals surface area contributed by atoms with Crippen LogP contribution in [0.25, 0.3) is 11.2 Å². The number of hydrogen-bond acceptors (Lipinski definition) is 4. The molecule has 0 aromatic carbocycles. The number of ether oxygens (including phenoxy) is 1. The molecule has 6 heteroatoms. The summed E-state index contributed by atoms with van der Waals surface area (Å²) >= 11 is 0. The molecule has 1 aliphatic heterocycles. The smallest absolute Gasteiger partial charge is 0.202 e. The highest BCUT2D eigenvalue weighted by atomic mass is 16.5. The molecule has 1 fully saturated rings. The summed E-state index contributed by atoms with van der Waals surface area (Å²) in [4.78, 5) is 4.41. The standard InChI is InChI=1S/C13H21N5O/c1-9-11-12(17(2)16-9)18(13(14)15-11)7-6-10-5-3-4-8-19-10/h10H,3-8H2,1-2H3,(H2,14,15). The molecule has 0 amide bonds. The lowest BCUT2D eigenvalue weighted by Gasteiger charge is -2.22. The Kier molecular flexibility index (Phi) is 3.18. The minimum atomic E-state index is 0.361. The zero-order valence-corrected chi connectivity index (χ0v) is 11.6. The summed E-state index contributed by atoms with van der Waals surface area (Å²) in [5.41, 5.74) is 8.86. The van der Waals surface area contributed by atoms with Crippen LogP contribution >= 0.6 is 0 Å². The predicted molar refractivity (Wildman–Crippen MR) is 73.9 cm³/mol. The molecule has 19 heavy (non-hydrogen) atoms. The van der Waals surface area contributed by atoms with Gasteiger partial charge in [-0.1, -0.05) is 0 Å². The quantitative estimate of drug-likeness (QED) is 0.913. The lowest BCUT2D eigenvalue weighted by Crippen LogP contribution is -2.21. The van der Waals surface area contributed by atoms with Crippen LogP contribution < -0.4 is 5.73 Å². The number of aromatic nitrogens is 4. The van der Waals surface area contributed by atoms with Crippen LogP contribution in [0, 0.1) is 6.92 Å². The van der Waals surface area contributed by atoms with E-state index in [4.69, 9.17) is 10.5 Å². The Balaban J connectivity index is 1.81. The van der Waals surface area contributed by atoms with Crippen molar-refractivity contribution >= 4 is 17.1 Å². The van der Waals surface area contributed by atoms with Crippen molar-refractivity contribution in [2.75, 3.05) is 12.3 Å². The summed E-state index contributed by atoms with van der Waals surface area (Å²) < 4.78 is 9.67. The van der Waals surface area contributed by atoms with Crippen molar-refractivity contribution in [3.05, 3.63) is 5.69 Å². The van der Waals surface area contributed by atoms with Gasteiger partial charge in [-0.05, 0) is 32.6 Å². The molecule has 104 valence electrons. The zero-order valence-electron chi connectivity index (χ0n) is 11.6. The Hall–Kier alpha value is -1.56. The van der Waals surface area contributed by atoms with E-state index in [-0.39, 0.29) is 0 Å². The number of hydrogen-bond donors (Lipinski definition) is 1. The molecule has 0 aliphatic carbocycles. The third kappa shape index (κ3) is 2.20. The normalized spacial score (nSPS) is 20.2. The van der Waals surface area contributed by atoms with Crippen molar-refractivity contribution in [1.82, 2.24) is 19.3 Å². The SMILES string of the molecule is Cc1nn(C)c2c1nc(N)n2CCC1CCCCO1. The third-order valence-electron chi connectivity index (χ3n) is 3.87. The van der Waals surface area contributed by atoms with Gasteiger partial charge >= 0.3 is 0 Å². The number of aryl methyl sites for hydroxylation is 3. The van der Waals surface area contributed by atoms with E-state index in [9.17, 15) is 0 Å². The van der Waals surface area contributed by atoms with Crippen LogP contribution in [0.3, 0.4) is 0 Å². The fourth-order valence-corrected chi connectivity index (χ4v) is 2.88. The van der Waals surface area contributed by atoms with Gasteiger partial charge in [0.25, 0.3) is 0 Å². The highest BCUT2D eigenvalue weighted by Crippen LogP contribution is 2.22. The van der Waals surface area contributed by atoms with E-state index in [0.717, 1.165) is 42.9 Å². The average Bonchev–Trinajstić information content (AvgIpc) is 2.87. The second-order valence-electron chi connectivity index (χ2n) is 5.28. The third-order valence-corrected chi connectivity index (χ3v) is 3.87. The van der Waals surface area contributed by atoms with Gasteiger partial charge in [-0.25, -0.2) is 4.98 Å². The van der Waals surface area contributed by atoms with Gasteiger partial charge in [-0.2, -0.15) is 5.10 Å². The molecule has 0 bridgehead atoms. The van der Waals surface area contributed by atoms with Crippen LogP contribution in [0.4, 0.5) is 5.95 Å². The molecular weight excluding hydrogens is 242 g/mol. The van der Waals surface area contributed by atoms with E-state index in [1.807, 2.05) is 23.2 Å². The van der Waals surface area contributed by atoms with E-state index in [1.165, 1.54) is 12.8 Å². The largest absolute Gasteiger partial charge is 0.378 e. The topological polar surface area (TPSA) is 70.9 Å². The number of rotatable bonds is 3. The molecule has 3 heterocycles. The van der Waals surface area contributed by atoms with Gasteiger partial charge in [-0.3, -0.25) is 9.25 Å². The number of nitrogen functional groups attached to an aromatic ring is 1. The minimum Gasteiger partial charge on any atom is -0.378 e. The monoisotopic (exact) mass is 263 g/mol. The predicted octanol–water partition coefficient (Wildman–Crippen LogP) is 1.62. The van der Waals surface area contributed by atoms with Crippen molar-refractivity contribution in [2.24, 2.45) is 7.05 Å². The second kappa shape index (κ2) is 4.85. The van der Waals surface area contributed by atoms with Crippen LogP contribution in [-0.4, -0.2) is 32.0 Å². The first kappa shape index (κ1) is 12.5. The molecule has 3 rings (SSSR count). The lowest BCUT2D eigenvalue weighted by molar-refractivity contribution is 0.00902. The fraction of sp³-hybridized carbons (Fsp3) is 0.692. The van der Waals surface area contributed by atoms with Crippen LogP contribution in [0.1, 0.15) is 31.4 Å². The number of fused-ring (bicyclic) bond motifs is 1. The Morgan fingerprint density at radius 1 is 1.42 bits per heavy atom. The van der Waals surface area contributed by atoms with Crippen LogP contribution in [0.5, 0.6) is 0 Å². The van der Waals surface area contributed by atoms with Crippen molar-refractivity contribution in [3.63, 3.8) is 0 Å². The Morgan fingerprint density at radius 3 is 3.00 bits per heavy atom. The summed E-state index contributed by atoms with van der Waals surface area (Å²) in [6.07, 6.45) is 4.96. The van der Waals surface area contributed by atoms with Gasteiger partial charge < -0.3 is 10.5 Å². The first-order valence-electron chi connectivity index (χ1n) is 6.93. The van der Waals surface area contributed by atoms with Gasteiger partial charge in [-0.15, -0.1) is 0 Å². The molecule has 0 saturated carbocycles. The first-order chi connectivity index (χ1) is 9.16. The van der Waals surface area contributed by atoms with Gasteiger partial charge in [0.1, 0.15) is 5.52 Å². The molecule has 1 atom stereocenters. The van der Waals surface area contributed by atoms with Crippen LogP contribution in [0.2, 0.25) is 0 Å². The summed E-state index contributed by atoms with van der Waals surface area (Å²) in [7, 11) is 1.93. The van der Waals surface area contributed by atoms with Crippen molar-refractivity contribution in [1.29, 1.82) is 0 Å². The van der Waals surface area contributed by atoms with Crippen LogP contribution in [-0.2, 0) is 18.3 Å². The van der Waals surface area contributed by atoms with Crippen molar-refractivity contribution in [2.45, 2.75) is 45.3 Å². The summed E-state index contributed by atoms with van der Waals surface area (Å²) in [6.45, 7) is 3.69. The van der Waals surface area contributed by atoms with Gasteiger partial charge in [0.2, 0.25) is 5.95 Å². The van der Waals surface area contributed by atoms with Gasteiger partial charge in [0.15, 0.2) is 5.65 Å². The van der Waals surface area contributed by atoms with Crippen molar-refractivity contribution in [3.8, 4) is 0 Å². The maximum atomic E-state index is 6.02. The van der Waals surface area contributed by atoms with E-state index < -0.39 is 0 Å². The van der Waals surface area contributed by atoms with E-state index in [1.54, 1.807) is 0 Å². The zero-order chi connectivity index (χ0) is 13.4. The first-order valence-corrected chi connectivity index (χ1v) is 6.93. The molecule has 0 radical (unpaired) electrons. The number of nitrogens with zero attached hydrogens (tertiary/aromatic N) is 4. The van der Waals surface area contributed by atoms with Gasteiger partial charge in [0.05, 0.1) is 11.8 Å². The molecule has 1 saturated heterocycles. The number of anilines is 1. The molecule has 2 aromatic rings. The molecule has 1 unspecified atom stereocenters. The maximum absolute atomic E-state index is 6.02. The van der Waals surface area contributed by atoms with E-state index in [2.05, 4.69) is 10.1 Å². The molecule has 6 nitrogen and oxygen atoms in total.